The first-order valence-electron chi connectivity index (χ1n) is 11.9. The molecule has 0 N–H and O–H groups in total. The maximum absolute atomic E-state index is 13.8. The van der Waals surface area contributed by atoms with Crippen molar-refractivity contribution in [3.63, 3.8) is 0 Å². The average Bonchev–Trinajstić information content (AvgIpc) is 2.86. The molecule has 0 radical (unpaired) electrons. The minimum absolute atomic E-state index is 0.155. The van der Waals surface area contributed by atoms with E-state index in [1.54, 1.807) is 24.0 Å². The van der Waals surface area contributed by atoms with Crippen molar-refractivity contribution in [2.24, 2.45) is 5.16 Å². The van der Waals surface area contributed by atoms with Gasteiger partial charge in [0.25, 0.3) is 5.56 Å². The van der Waals surface area contributed by atoms with Gasteiger partial charge in [0.1, 0.15) is 17.7 Å². The van der Waals surface area contributed by atoms with Crippen molar-refractivity contribution in [3.8, 4) is 5.75 Å². The smallest absolute Gasteiger partial charge is 0.340 e. The van der Waals surface area contributed by atoms with Crippen molar-refractivity contribution in [2.75, 3.05) is 32.3 Å². The molecule has 0 atom stereocenters. The van der Waals surface area contributed by atoms with Crippen molar-refractivity contribution in [1.82, 2.24) is 14.8 Å². The molecule has 0 spiro atoms. The molecule has 0 saturated carbocycles. The maximum Gasteiger partial charge on any atom is 0.340 e. The Balaban J connectivity index is 1.97. The molecular weight excluding hydrogens is 453 g/mol. The van der Waals surface area contributed by atoms with Crippen LogP contribution < -0.4 is 15.3 Å². The minimum atomic E-state index is -0.474. The van der Waals surface area contributed by atoms with Crippen LogP contribution >= 0.6 is 0 Å². The molecular formula is C25H34FN5O4. The Morgan fingerprint density at radius 1 is 1.20 bits per heavy atom. The van der Waals surface area contributed by atoms with Crippen molar-refractivity contribution in [1.29, 1.82) is 0 Å². The summed E-state index contributed by atoms with van der Waals surface area (Å²) in [6.07, 6.45) is 3.60. The monoisotopic (exact) mass is 487 g/mol. The largest absolute Gasteiger partial charge is 0.496 e. The van der Waals surface area contributed by atoms with E-state index in [9.17, 15) is 14.0 Å². The van der Waals surface area contributed by atoms with Crippen molar-refractivity contribution >= 4 is 11.7 Å². The van der Waals surface area contributed by atoms with Gasteiger partial charge >= 0.3 is 6.03 Å². The lowest BCUT2D eigenvalue weighted by Crippen LogP contribution is -2.53. The lowest BCUT2D eigenvalue weighted by Gasteiger charge is -2.31. The molecule has 0 bridgehead atoms. The third-order valence-electron chi connectivity index (χ3n) is 5.82. The van der Waals surface area contributed by atoms with E-state index in [1.165, 1.54) is 31.3 Å². The standard InChI is InChI=1S/C25H34FN5O4/c1-17(2)35-28-18(3)22-16-21(11-9-19-15-20(26)10-12-23(19)34-5)27-31(24(22)32)29(4)25(33)30-13-7-6-8-14-30/h10,12,15-17H,6-9,11,13-14H2,1-5H3/b28-18+. The second-order valence-corrected chi connectivity index (χ2v) is 8.88. The second kappa shape index (κ2) is 11.8. The van der Waals surface area contributed by atoms with E-state index in [0.29, 0.717) is 48.6 Å². The topological polar surface area (TPSA) is 89.3 Å². The quantitative estimate of drug-likeness (QED) is 0.420. The number of halogens is 1. The van der Waals surface area contributed by atoms with Gasteiger partial charge in [0.15, 0.2) is 0 Å². The summed E-state index contributed by atoms with van der Waals surface area (Å²) in [7, 11) is 3.06. The van der Waals surface area contributed by atoms with E-state index in [1.807, 2.05) is 13.8 Å². The summed E-state index contributed by atoms with van der Waals surface area (Å²) in [6.45, 7) is 6.64. The van der Waals surface area contributed by atoms with Gasteiger partial charge in [0.05, 0.1) is 24.1 Å². The lowest BCUT2D eigenvalue weighted by atomic mass is 10.1. The second-order valence-electron chi connectivity index (χ2n) is 8.88. The van der Waals surface area contributed by atoms with Gasteiger partial charge in [0, 0.05) is 20.1 Å². The maximum atomic E-state index is 13.8. The average molecular weight is 488 g/mol. The molecule has 1 aliphatic heterocycles. The third kappa shape index (κ3) is 6.58. The number of oxime groups is 1. The van der Waals surface area contributed by atoms with Gasteiger partial charge in [-0.1, -0.05) is 5.16 Å². The van der Waals surface area contributed by atoms with Gasteiger partial charge in [-0.3, -0.25) is 4.79 Å². The van der Waals surface area contributed by atoms with E-state index in [0.717, 1.165) is 24.1 Å². The number of hydrogen-bond donors (Lipinski definition) is 0. The Labute approximate surface area is 205 Å². The first-order chi connectivity index (χ1) is 16.7. The number of ether oxygens (including phenoxy) is 1. The molecule has 2 aromatic rings. The Morgan fingerprint density at radius 3 is 2.57 bits per heavy atom. The van der Waals surface area contributed by atoms with Crippen LogP contribution in [0.5, 0.6) is 5.75 Å². The normalized spacial score (nSPS) is 14.3. The molecule has 0 unspecified atom stereocenters. The first-order valence-corrected chi connectivity index (χ1v) is 11.9. The van der Waals surface area contributed by atoms with Crippen LogP contribution in [0.15, 0.2) is 34.2 Å². The van der Waals surface area contributed by atoms with E-state index >= 15 is 0 Å². The van der Waals surface area contributed by atoms with Gasteiger partial charge in [-0.2, -0.15) is 5.10 Å². The fourth-order valence-electron chi connectivity index (χ4n) is 3.93. The highest BCUT2D eigenvalue weighted by molar-refractivity contribution is 5.98. The zero-order valence-corrected chi connectivity index (χ0v) is 21.1. The highest BCUT2D eigenvalue weighted by Crippen LogP contribution is 2.21. The molecule has 2 amide bonds. The summed E-state index contributed by atoms with van der Waals surface area (Å²) < 4.78 is 19.2. The molecule has 190 valence electrons. The van der Waals surface area contributed by atoms with Crippen LogP contribution in [0.25, 0.3) is 0 Å². The van der Waals surface area contributed by atoms with E-state index in [4.69, 9.17) is 9.57 Å². The number of aryl methyl sites for hydroxylation is 2. The number of piperidine rings is 1. The van der Waals surface area contributed by atoms with Gasteiger partial charge in [-0.15, -0.1) is 4.79 Å². The number of methoxy groups -OCH3 is 1. The first kappa shape index (κ1) is 26.2. The van der Waals surface area contributed by atoms with Crippen LogP contribution in [0, 0.1) is 5.82 Å². The van der Waals surface area contributed by atoms with Crippen molar-refractivity contribution in [2.45, 2.75) is 59.0 Å². The Bertz CT molecular complexity index is 1130. The van der Waals surface area contributed by atoms with Gasteiger partial charge in [-0.25, -0.2) is 14.2 Å². The van der Waals surface area contributed by atoms with Crippen LogP contribution in [-0.4, -0.2) is 59.9 Å². The number of nitrogens with zero attached hydrogens (tertiary/aromatic N) is 5. The molecule has 1 aliphatic rings. The van der Waals surface area contributed by atoms with E-state index in [2.05, 4.69) is 10.3 Å². The lowest BCUT2D eigenvalue weighted by molar-refractivity contribution is 0.0860. The predicted molar refractivity (Wildman–Crippen MR) is 132 cm³/mol. The number of carbonyl (C=O) groups excluding carboxylic acids is 1. The van der Waals surface area contributed by atoms with Crippen molar-refractivity contribution < 1.29 is 18.8 Å². The minimum Gasteiger partial charge on any atom is -0.496 e. The summed E-state index contributed by atoms with van der Waals surface area (Å²) in [5, 5.41) is 9.79. The SMILES string of the molecule is COc1ccc(F)cc1CCc1cc(/C(C)=N/OC(C)C)c(=O)n(N(C)C(=O)N2CCCCC2)n1. The number of benzene rings is 1. The van der Waals surface area contributed by atoms with E-state index < -0.39 is 5.56 Å². The van der Waals surface area contributed by atoms with Crippen LogP contribution in [-0.2, 0) is 17.7 Å². The van der Waals surface area contributed by atoms with Crippen LogP contribution in [0.4, 0.5) is 9.18 Å². The highest BCUT2D eigenvalue weighted by Gasteiger charge is 2.24. The Hall–Kier alpha value is -3.43. The van der Waals surface area contributed by atoms with Gasteiger partial charge in [-0.05, 0) is 82.7 Å². The van der Waals surface area contributed by atoms with E-state index in [-0.39, 0.29) is 23.5 Å². The number of hydrogen-bond acceptors (Lipinski definition) is 6. The summed E-state index contributed by atoms with van der Waals surface area (Å²) in [6, 6.07) is 5.70. The summed E-state index contributed by atoms with van der Waals surface area (Å²) in [5.41, 5.74) is 1.41. The van der Waals surface area contributed by atoms with Gasteiger partial charge < -0.3 is 14.5 Å². The number of urea groups is 1. The summed E-state index contributed by atoms with van der Waals surface area (Å²) in [4.78, 5) is 34.6. The van der Waals surface area contributed by atoms with Gasteiger partial charge in [0.2, 0.25) is 0 Å². The third-order valence-corrected chi connectivity index (χ3v) is 5.82. The predicted octanol–water partition coefficient (Wildman–Crippen LogP) is 3.50. The molecule has 3 rings (SSSR count). The number of likely N-dealkylation sites (tertiary alicyclic amines) is 1. The number of aromatic nitrogens is 2. The zero-order valence-electron chi connectivity index (χ0n) is 21.1. The molecule has 0 aliphatic carbocycles. The number of rotatable bonds is 8. The molecule has 1 fully saturated rings. The molecule has 1 saturated heterocycles. The molecule has 1 aromatic carbocycles. The van der Waals surface area contributed by atoms with Crippen LogP contribution in [0.3, 0.4) is 0 Å². The molecule has 9 nitrogen and oxygen atoms in total. The molecule has 35 heavy (non-hydrogen) atoms. The molecule has 10 heteroatoms. The zero-order chi connectivity index (χ0) is 25.5. The number of carbonyl (C=O) groups is 1. The number of amides is 2. The van der Waals surface area contributed by atoms with Crippen LogP contribution in [0.2, 0.25) is 0 Å². The Kier molecular flexibility index (Phi) is 8.84. The summed E-state index contributed by atoms with van der Waals surface area (Å²) in [5.74, 6) is 0.209. The fraction of sp³-hybridized carbons (Fsp3) is 0.520. The summed E-state index contributed by atoms with van der Waals surface area (Å²) >= 11 is 0. The van der Waals surface area contributed by atoms with Crippen LogP contribution in [0.1, 0.15) is 56.9 Å². The molecule has 2 heterocycles. The fourth-order valence-corrected chi connectivity index (χ4v) is 3.93. The Morgan fingerprint density at radius 2 is 1.91 bits per heavy atom. The molecule has 1 aromatic heterocycles. The highest BCUT2D eigenvalue weighted by atomic mass is 19.1. The van der Waals surface area contributed by atoms with Crippen molar-refractivity contribution in [3.05, 3.63) is 57.3 Å².